The molecule has 2 heterocycles. The van der Waals surface area contributed by atoms with Crippen molar-refractivity contribution in [2.45, 2.75) is 6.92 Å². The van der Waals surface area contributed by atoms with Crippen LogP contribution in [-0.4, -0.2) is 76.9 Å². The highest BCUT2D eigenvalue weighted by Crippen LogP contribution is 2.28. The molecule has 2 aliphatic heterocycles. The highest BCUT2D eigenvalue weighted by molar-refractivity contribution is 8.04. The van der Waals surface area contributed by atoms with Crippen LogP contribution in [0.5, 0.6) is 0 Å². The smallest absolute Gasteiger partial charge is 0.334 e. The molecule has 0 spiro atoms. The molecule has 2 rings (SSSR count). The minimum absolute atomic E-state index is 0.00959. The summed E-state index contributed by atoms with van der Waals surface area (Å²) in [6.07, 6.45) is 1.20. The predicted octanol–water partition coefficient (Wildman–Crippen LogP) is -0.613. The lowest BCUT2D eigenvalue weighted by Crippen LogP contribution is -2.39. The van der Waals surface area contributed by atoms with E-state index in [4.69, 9.17) is 4.74 Å². The van der Waals surface area contributed by atoms with E-state index in [1.807, 2.05) is 0 Å². The number of carbonyl (C=O) groups excluding carboxylic acids is 5. The molecular weight excluding hydrogens is 326 g/mol. The van der Waals surface area contributed by atoms with Crippen molar-refractivity contribution in [2.75, 3.05) is 32.5 Å². The molecule has 23 heavy (non-hydrogen) atoms. The number of hydrogen-bond donors (Lipinski definition) is 0. The molecule has 2 aliphatic rings. The van der Waals surface area contributed by atoms with E-state index in [1.54, 1.807) is 6.92 Å². The minimum atomic E-state index is -0.923. The summed E-state index contributed by atoms with van der Waals surface area (Å²) in [7, 11) is 1.21. The average Bonchev–Trinajstić information content (AvgIpc) is 2.93. The van der Waals surface area contributed by atoms with Gasteiger partial charge < -0.3 is 9.64 Å². The van der Waals surface area contributed by atoms with Crippen LogP contribution in [0.25, 0.3) is 0 Å². The van der Waals surface area contributed by atoms with Crippen molar-refractivity contribution in [1.29, 1.82) is 0 Å². The van der Waals surface area contributed by atoms with Crippen LogP contribution in [0.3, 0.4) is 0 Å². The van der Waals surface area contributed by atoms with E-state index in [0.29, 0.717) is 5.03 Å². The Balaban J connectivity index is 2.05. The van der Waals surface area contributed by atoms with Gasteiger partial charge in [0.1, 0.15) is 0 Å². The van der Waals surface area contributed by atoms with Crippen LogP contribution in [0.15, 0.2) is 11.1 Å². The third-order valence-corrected chi connectivity index (χ3v) is 4.26. The van der Waals surface area contributed by atoms with Crippen molar-refractivity contribution >= 4 is 41.5 Å². The lowest BCUT2D eigenvalue weighted by molar-refractivity contribution is -0.143. The highest BCUT2D eigenvalue weighted by atomic mass is 32.2. The summed E-state index contributed by atoms with van der Waals surface area (Å²) in [5.74, 6) is -2.49. The number of imide groups is 2. The number of amides is 5. The predicted molar refractivity (Wildman–Crippen MR) is 78.8 cm³/mol. The lowest BCUT2D eigenvalue weighted by Gasteiger charge is -2.20. The minimum Gasteiger partial charge on any atom is -0.463 e. The van der Waals surface area contributed by atoms with Crippen molar-refractivity contribution in [1.82, 2.24) is 14.7 Å². The molecule has 0 aromatic rings. The van der Waals surface area contributed by atoms with Crippen LogP contribution in [0.4, 0.5) is 4.79 Å². The van der Waals surface area contributed by atoms with Crippen molar-refractivity contribution in [3.63, 3.8) is 0 Å². The van der Waals surface area contributed by atoms with Gasteiger partial charge in [-0.1, -0.05) is 11.8 Å². The molecule has 0 atom stereocenters. The maximum absolute atomic E-state index is 11.9. The Morgan fingerprint density at radius 1 is 1.17 bits per heavy atom. The molecule has 2 fully saturated rings. The van der Waals surface area contributed by atoms with Crippen LogP contribution in [0.2, 0.25) is 0 Å². The molecule has 9 nitrogen and oxygen atoms in total. The summed E-state index contributed by atoms with van der Waals surface area (Å²) in [5, 5.41) is 0.396. The Hall–Kier alpha value is -2.36. The molecule has 0 aliphatic carbocycles. The molecule has 5 amide bonds. The molecular formula is C13H15N3O6S. The standard InChI is InChI=1S/C13H15N3O6S/c1-3-22-10(18)6-9-15(8(17)7-23-9)4-5-16-12(20)11(19)14(2)13(16)21/h6H,3-5,7H2,1-2H3/b9-6-. The first-order valence-corrected chi connectivity index (χ1v) is 7.80. The number of nitrogens with zero attached hydrogens (tertiary/aromatic N) is 3. The summed E-state index contributed by atoms with van der Waals surface area (Å²) in [6, 6.07) is -0.727. The monoisotopic (exact) mass is 341 g/mol. The number of esters is 1. The van der Waals surface area contributed by atoms with Crippen LogP contribution < -0.4 is 0 Å². The fourth-order valence-corrected chi connectivity index (χ4v) is 3.02. The molecule has 0 aromatic carbocycles. The summed E-state index contributed by atoms with van der Waals surface area (Å²) in [6.45, 7) is 1.77. The second kappa shape index (κ2) is 6.82. The van der Waals surface area contributed by atoms with Gasteiger partial charge in [-0.3, -0.25) is 24.2 Å². The van der Waals surface area contributed by atoms with Gasteiger partial charge in [0.15, 0.2) is 0 Å². The number of thioether (sulfide) groups is 1. The Kier molecular flexibility index (Phi) is 5.04. The third-order valence-electron chi connectivity index (χ3n) is 3.24. The van der Waals surface area contributed by atoms with Gasteiger partial charge in [-0.15, -0.1) is 0 Å². The van der Waals surface area contributed by atoms with E-state index in [0.717, 1.165) is 9.80 Å². The van der Waals surface area contributed by atoms with Crippen molar-refractivity contribution in [3.05, 3.63) is 11.1 Å². The maximum Gasteiger partial charge on any atom is 0.334 e. The van der Waals surface area contributed by atoms with Crippen LogP contribution >= 0.6 is 11.8 Å². The molecule has 0 unspecified atom stereocenters. The fraction of sp³-hybridized carbons (Fsp3) is 0.462. The van der Waals surface area contributed by atoms with Gasteiger partial charge in [0.25, 0.3) is 0 Å². The van der Waals surface area contributed by atoms with E-state index in [9.17, 15) is 24.0 Å². The Morgan fingerprint density at radius 3 is 2.39 bits per heavy atom. The van der Waals surface area contributed by atoms with E-state index in [-0.39, 0.29) is 31.4 Å². The fourth-order valence-electron chi connectivity index (χ4n) is 2.06. The summed E-state index contributed by atoms with van der Waals surface area (Å²) >= 11 is 1.17. The second-order valence-corrected chi connectivity index (χ2v) is 5.67. The molecule has 0 radical (unpaired) electrons. The molecule has 10 heteroatoms. The van der Waals surface area contributed by atoms with Crippen molar-refractivity contribution < 1.29 is 28.7 Å². The third kappa shape index (κ3) is 3.36. The number of ether oxygens (including phenoxy) is 1. The molecule has 2 saturated heterocycles. The Labute approximate surface area is 136 Å². The second-order valence-electron chi connectivity index (χ2n) is 4.67. The van der Waals surface area contributed by atoms with Gasteiger partial charge >= 0.3 is 23.8 Å². The van der Waals surface area contributed by atoms with Crippen LogP contribution in [0, 0.1) is 0 Å². The van der Waals surface area contributed by atoms with Gasteiger partial charge in [-0.2, -0.15) is 0 Å². The lowest BCUT2D eigenvalue weighted by atomic mass is 10.4. The number of carbonyl (C=O) groups is 5. The molecule has 0 bridgehead atoms. The zero-order chi connectivity index (χ0) is 17.1. The Bertz CT molecular complexity index is 617. The topological polar surface area (TPSA) is 104 Å². The number of hydrogen-bond acceptors (Lipinski definition) is 7. The van der Waals surface area contributed by atoms with E-state index in [1.165, 1.54) is 29.8 Å². The van der Waals surface area contributed by atoms with Gasteiger partial charge in [0, 0.05) is 20.1 Å². The van der Waals surface area contributed by atoms with Gasteiger partial charge in [0.05, 0.1) is 23.5 Å². The number of likely N-dealkylation sites (N-methyl/N-ethyl adjacent to an activating group) is 1. The van der Waals surface area contributed by atoms with Crippen molar-refractivity contribution in [3.8, 4) is 0 Å². The summed E-state index contributed by atoms with van der Waals surface area (Å²) in [4.78, 5) is 61.0. The average molecular weight is 341 g/mol. The van der Waals surface area contributed by atoms with Crippen LogP contribution in [0.1, 0.15) is 6.92 Å². The largest absolute Gasteiger partial charge is 0.463 e. The van der Waals surface area contributed by atoms with Gasteiger partial charge in [0.2, 0.25) is 5.91 Å². The first-order chi connectivity index (χ1) is 10.9. The number of rotatable bonds is 5. The summed E-state index contributed by atoms with van der Waals surface area (Å²) < 4.78 is 4.79. The van der Waals surface area contributed by atoms with Gasteiger partial charge in [-0.25, -0.2) is 9.59 Å². The zero-order valence-corrected chi connectivity index (χ0v) is 13.4. The molecule has 124 valence electrons. The maximum atomic E-state index is 11.9. The Morgan fingerprint density at radius 2 is 1.83 bits per heavy atom. The van der Waals surface area contributed by atoms with E-state index in [2.05, 4.69) is 0 Å². The first-order valence-electron chi connectivity index (χ1n) is 6.82. The molecule has 0 aromatic heterocycles. The quantitative estimate of drug-likeness (QED) is 0.284. The van der Waals surface area contributed by atoms with Crippen LogP contribution in [-0.2, 0) is 23.9 Å². The number of urea groups is 1. The highest BCUT2D eigenvalue weighted by Gasteiger charge is 2.42. The van der Waals surface area contributed by atoms with E-state index >= 15 is 0 Å². The van der Waals surface area contributed by atoms with E-state index < -0.39 is 23.8 Å². The first kappa shape index (κ1) is 17.0. The SMILES string of the molecule is CCOC(=O)/C=C1\SCC(=O)N1CCN1C(=O)C(=O)N(C)C1=O. The van der Waals surface area contributed by atoms with Gasteiger partial charge in [-0.05, 0) is 6.92 Å². The molecule has 0 N–H and O–H groups in total. The normalized spacial score (nSPS) is 20.3. The molecule has 0 saturated carbocycles. The van der Waals surface area contributed by atoms with Crippen molar-refractivity contribution in [2.24, 2.45) is 0 Å². The summed E-state index contributed by atoms with van der Waals surface area (Å²) in [5.41, 5.74) is 0. The zero-order valence-electron chi connectivity index (χ0n) is 12.6.